The Hall–Kier alpha value is -7.89. The molecule has 330 valence electrons. The minimum atomic E-state index is -2.58. The van der Waals surface area contributed by atoms with E-state index in [4.69, 9.17) is 23.4 Å². The summed E-state index contributed by atoms with van der Waals surface area (Å²) in [5.41, 5.74) is 4.87. The van der Waals surface area contributed by atoms with Crippen molar-refractivity contribution in [3.05, 3.63) is 225 Å². The number of ether oxygens (including phenoxy) is 1. The van der Waals surface area contributed by atoms with Gasteiger partial charge in [0.25, 0.3) is 6.33 Å². The van der Waals surface area contributed by atoms with Gasteiger partial charge >= 0.3 is 0 Å². The first kappa shape index (κ1) is 32.0. The zero-order valence-corrected chi connectivity index (χ0v) is 40.1. The third kappa shape index (κ3) is 6.19. The Morgan fingerprint density at radius 2 is 1.10 bits per heavy atom. The SMILES string of the molecule is [2H]c1c([2H])c([2H])c(-c2cccc(-c3c([2H])c([2H])c([2H])c([2H])c3[2H])c2-[n+]2[c-]n3c4c(cccc42)[Si](C)(C)c2ccc(Oc4[c-]c5c(cc4)c4cccc6c7ccccc7c7ccccc7c7cccnc7n5c64)[c-]c2-3)c([2H])c1[2H].[Pt]. The maximum absolute atomic E-state index is 9.14. The van der Waals surface area contributed by atoms with Gasteiger partial charge in [0, 0.05) is 63.1 Å². The summed E-state index contributed by atoms with van der Waals surface area (Å²) in [5.74, 6) is 0.843. The first-order valence-electron chi connectivity index (χ1n) is 27.3. The van der Waals surface area contributed by atoms with Crippen molar-refractivity contribution in [1.29, 1.82) is 0 Å². The molecule has 0 fully saturated rings. The summed E-state index contributed by atoms with van der Waals surface area (Å²) < 4.78 is 101. The molecule has 7 heteroatoms. The topological polar surface area (TPSA) is 35.3 Å². The third-order valence-corrected chi connectivity index (χ3v) is 17.1. The van der Waals surface area contributed by atoms with E-state index in [0.717, 1.165) is 75.7 Å². The molecule has 0 aliphatic carbocycles. The van der Waals surface area contributed by atoms with Crippen molar-refractivity contribution >= 4 is 89.3 Å². The van der Waals surface area contributed by atoms with Gasteiger partial charge in [-0.2, -0.15) is 12.1 Å². The smallest absolute Gasteiger partial charge is 0.268 e. The predicted octanol–water partition coefficient (Wildman–Crippen LogP) is 13.5. The van der Waals surface area contributed by atoms with Crippen LogP contribution in [0.4, 0.5) is 0 Å². The van der Waals surface area contributed by atoms with Crippen LogP contribution in [0.1, 0.15) is 13.7 Å². The first-order valence-corrected chi connectivity index (χ1v) is 25.3. The molecule has 0 saturated carbocycles. The minimum Gasteiger partial charge on any atom is -0.510 e. The average Bonchev–Trinajstić information content (AvgIpc) is 4.26. The first-order chi connectivity index (χ1) is 37.6. The van der Waals surface area contributed by atoms with E-state index in [9.17, 15) is 0 Å². The van der Waals surface area contributed by atoms with E-state index in [2.05, 4.69) is 127 Å². The molecule has 9 aromatic carbocycles. The predicted molar refractivity (Wildman–Crippen MR) is 281 cm³/mol. The molecule has 69 heavy (non-hydrogen) atoms. The van der Waals surface area contributed by atoms with Crippen LogP contribution in [0.3, 0.4) is 0 Å². The molecule has 5 nitrogen and oxygen atoms in total. The van der Waals surface area contributed by atoms with E-state index in [1.807, 2.05) is 41.1 Å². The number of hydrogen-bond donors (Lipinski definition) is 0. The fraction of sp³-hybridized carbons (Fsp3) is 0.0323. The maximum atomic E-state index is 9.14. The summed E-state index contributed by atoms with van der Waals surface area (Å²) in [6.07, 6.45) is 5.38. The van der Waals surface area contributed by atoms with Crippen LogP contribution in [0.5, 0.6) is 11.5 Å². The molecule has 0 N–H and O–H groups in total. The van der Waals surface area contributed by atoms with Crippen molar-refractivity contribution in [2.24, 2.45) is 0 Å². The number of fused-ring (bicyclic) bond motifs is 12. The van der Waals surface area contributed by atoms with Crippen LogP contribution in [0, 0.1) is 18.5 Å². The van der Waals surface area contributed by atoms with Gasteiger partial charge in [-0.05, 0) is 67.0 Å². The van der Waals surface area contributed by atoms with Gasteiger partial charge in [-0.1, -0.05) is 187 Å². The van der Waals surface area contributed by atoms with Crippen molar-refractivity contribution in [3.8, 4) is 45.1 Å². The van der Waals surface area contributed by atoms with Crippen molar-refractivity contribution in [2.75, 3.05) is 0 Å². The molecule has 4 aromatic heterocycles. The Balaban J connectivity index is 0.00000591. The minimum absolute atomic E-state index is 0. The molecule has 1 aliphatic heterocycles. The maximum Gasteiger partial charge on any atom is 0.268 e. The molecule has 13 aromatic rings. The molecule has 0 amide bonds. The Morgan fingerprint density at radius 3 is 1.80 bits per heavy atom. The van der Waals surface area contributed by atoms with Crippen molar-refractivity contribution in [1.82, 2.24) is 14.0 Å². The van der Waals surface area contributed by atoms with Gasteiger partial charge in [-0.3, -0.25) is 4.57 Å². The fourth-order valence-electron chi connectivity index (χ4n) is 10.6. The van der Waals surface area contributed by atoms with E-state index >= 15 is 0 Å². The molecule has 1 aliphatic rings. The molecule has 14 rings (SSSR count). The summed E-state index contributed by atoms with van der Waals surface area (Å²) >= 11 is 0. The summed E-state index contributed by atoms with van der Waals surface area (Å²) in [6.45, 7) is 4.51. The van der Waals surface area contributed by atoms with Crippen LogP contribution >= 0.6 is 0 Å². The second-order valence-corrected chi connectivity index (χ2v) is 21.9. The van der Waals surface area contributed by atoms with Crippen LogP contribution in [-0.2, 0) is 21.1 Å². The number of rotatable bonds is 5. The van der Waals surface area contributed by atoms with Crippen LogP contribution in [-0.4, -0.2) is 22.0 Å². The van der Waals surface area contributed by atoms with Crippen molar-refractivity contribution in [3.63, 3.8) is 0 Å². The van der Waals surface area contributed by atoms with Crippen LogP contribution in [0.2, 0.25) is 13.1 Å². The standard InChI is InChI=1S/C62H40N4OSi.Pt/c1-68(2)57-35-33-43(38-56(57)65-39-64(54-30-15-31-58(68)61(54)65)59-44(40-17-5-3-6-18-40)25-13-26-45(59)41-19-7-4-8-20-41)67-42-32-34-50-52-28-14-27-51-48-23-11-9-21-46(48)47-22-10-12-24-49(47)53-29-16-36-63-62(53)66(60(51)52)55(50)37-42;/h3-36H,1-2H3;/q-2;/i3D,4D,5D,6D,7D,8D,17D,18D,19D,20D;. The summed E-state index contributed by atoms with van der Waals surface area (Å²) in [6, 6.07) is 48.3. The van der Waals surface area contributed by atoms with Gasteiger partial charge < -0.3 is 13.7 Å². The van der Waals surface area contributed by atoms with E-state index in [0.29, 0.717) is 22.7 Å². The monoisotopic (exact) mass is 1090 g/mol. The average molecular weight is 1090 g/mol. The number of para-hydroxylation sites is 3. The van der Waals surface area contributed by atoms with Gasteiger partial charge in [0.2, 0.25) is 0 Å². The van der Waals surface area contributed by atoms with E-state index in [1.165, 1.54) is 0 Å². The van der Waals surface area contributed by atoms with Crippen molar-refractivity contribution < 1.29 is 44.1 Å². The second-order valence-electron chi connectivity index (χ2n) is 17.5. The van der Waals surface area contributed by atoms with Gasteiger partial charge in [-0.25, -0.2) is 4.98 Å². The van der Waals surface area contributed by atoms with E-state index in [1.54, 1.807) is 22.8 Å². The van der Waals surface area contributed by atoms with Crippen molar-refractivity contribution in [2.45, 2.75) is 13.1 Å². The molecular weight excluding hydrogens is 1040 g/mol. The Labute approximate surface area is 428 Å². The van der Waals surface area contributed by atoms with Crippen LogP contribution in [0.15, 0.2) is 206 Å². The Morgan fingerprint density at radius 1 is 0.536 bits per heavy atom. The molecule has 0 atom stereocenters. The Bertz CT molecular complexity index is 4760. The van der Waals surface area contributed by atoms with E-state index in [-0.39, 0.29) is 49.0 Å². The largest absolute Gasteiger partial charge is 0.510 e. The molecule has 0 bridgehead atoms. The van der Waals surface area contributed by atoms with Gasteiger partial charge in [0.15, 0.2) is 0 Å². The molecule has 0 unspecified atom stereocenters. The Kier molecular flexibility index (Phi) is 7.34. The quantitative estimate of drug-likeness (QED) is 0.0978. The van der Waals surface area contributed by atoms with Crippen LogP contribution < -0.4 is 19.7 Å². The normalized spacial score (nSPS) is 14.8. The zero-order valence-electron chi connectivity index (χ0n) is 46.9. The fourth-order valence-corrected chi connectivity index (χ4v) is 13.5. The molecule has 0 radical (unpaired) electrons. The third-order valence-electron chi connectivity index (χ3n) is 13.6. The second kappa shape index (κ2) is 15.8. The zero-order chi connectivity index (χ0) is 53.8. The van der Waals surface area contributed by atoms with Gasteiger partial charge in [0.05, 0.1) is 30.4 Å². The number of hydrogen-bond acceptors (Lipinski definition) is 2. The summed E-state index contributed by atoms with van der Waals surface area (Å²) in [7, 11) is -2.58. The van der Waals surface area contributed by atoms with Gasteiger partial charge in [0.1, 0.15) is 5.65 Å². The summed E-state index contributed by atoms with van der Waals surface area (Å²) in [5, 5.41) is 10.5. The van der Waals surface area contributed by atoms with Crippen LogP contribution in [0.25, 0.3) is 104 Å². The number of pyridine rings is 1. The number of benzene rings is 9. The molecule has 5 heterocycles. The summed E-state index contributed by atoms with van der Waals surface area (Å²) in [4.78, 5) is 5.10. The molecular formula is C62H40N4OPtSi-2. The molecule has 0 spiro atoms. The van der Waals surface area contributed by atoms with Gasteiger partial charge in [-0.15, -0.1) is 34.8 Å². The number of imidazole rings is 1. The van der Waals surface area contributed by atoms with E-state index < -0.39 is 68.5 Å². The molecule has 0 saturated heterocycles. The number of nitrogens with zero attached hydrogens (tertiary/aromatic N) is 4. The number of aromatic nitrogens is 4.